The zero-order valence-corrected chi connectivity index (χ0v) is 17.0. The summed E-state index contributed by atoms with van der Waals surface area (Å²) in [5.41, 5.74) is 3.97. The topological polar surface area (TPSA) is 64.6 Å². The molecule has 1 heterocycles. The van der Waals surface area contributed by atoms with Gasteiger partial charge in [-0.15, -0.1) is 0 Å². The van der Waals surface area contributed by atoms with Gasteiger partial charge in [0.05, 0.1) is 0 Å². The van der Waals surface area contributed by atoms with Crippen molar-refractivity contribution in [3.63, 3.8) is 0 Å². The molecule has 1 aliphatic carbocycles. The highest BCUT2D eigenvalue weighted by Crippen LogP contribution is 2.28. The van der Waals surface area contributed by atoms with Crippen LogP contribution >= 0.6 is 0 Å². The number of carbonyl (C=O) groups excluding carboxylic acids is 1. The lowest BCUT2D eigenvalue weighted by Crippen LogP contribution is -2.35. The molecule has 3 N–H and O–H groups in total. The molecule has 0 saturated carbocycles. The summed E-state index contributed by atoms with van der Waals surface area (Å²) in [4.78, 5) is 14.0. The van der Waals surface area contributed by atoms with Crippen molar-refractivity contribution in [1.82, 2.24) is 15.5 Å². The average Bonchev–Trinajstić information content (AvgIpc) is 2.63. The Balaban J connectivity index is 2.23. The van der Waals surface area contributed by atoms with Crippen molar-refractivity contribution < 1.29 is 9.90 Å². The fraction of sp³-hybridized carbons (Fsp3) is 0.500. The van der Waals surface area contributed by atoms with Crippen LogP contribution in [-0.2, 0) is 4.79 Å². The molecule has 0 aromatic carbocycles. The number of nitrogens with one attached hydrogen (secondary N) is 2. The van der Waals surface area contributed by atoms with Crippen LogP contribution < -0.4 is 10.6 Å². The summed E-state index contributed by atoms with van der Waals surface area (Å²) >= 11 is 0. The largest absolute Gasteiger partial charge is 0.375 e. The lowest BCUT2D eigenvalue weighted by Gasteiger charge is -2.32. The van der Waals surface area contributed by atoms with Crippen molar-refractivity contribution in [3.8, 4) is 0 Å². The summed E-state index contributed by atoms with van der Waals surface area (Å²) < 4.78 is 0. The molecule has 2 atom stereocenters. The first kappa shape index (κ1) is 21.0. The smallest absolute Gasteiger partial charge is 0.244 e. The van der Waals surface area contributed by atoms with Gasteiger partial charge < -0.3 is 20.6 Å². The van der Waals surface area contributed by atoms with Crippen molar-refractivity contribution >= 4 is 5.91 Å². The van der Waals surface area contributed by atoms with Crippen LogP contribution in [0.25, 0.3) is 0 Å². The summed E-state index contributed by atoms with van der Waals surface area (Å²) in [6.45, 7) is 10.7. The zero-order chi connectivity index (χ0) is 19.8. The van der Waals surface area contributed by atoms with Gasteiger partial charge in [0, 0.05) is 42.7 Å². The molecule has 0 aromatic heterocycles. The Kier molecular flexibility index (Phi) is 7.92. The van der Waals surface area contributed by atoms with E-state index < -0.39 is 6.23 Å². The first-order chi connectivity index (χ1) is 12.9. The fourth-order valence-corrected chi connectivity index (χ4v) is 3.38. The van der Waals surface area contributed by atoms with Crippen molar-refractivity contribution in [2.24, 2.45) is 5.92 Å². The van der Waals surface area contributed by atoms with Gasteiger partial charge in [0.15, 0.2) is 6.23 Å². The van der Waals surface area contributed by atoms with Gasteiger partial charge in [-0.05, 0) is 45.6 Å². The maximum absolute atomic E-state index is 11.6. The van der Waals surface area contributed by atoms with Crippen LogP contribution in [0.1, 0.15) is 40.5 Å². The normalized spacial score (nSPS) is 27.0. The number of hydrogen-bond donors (Lipinski definition) is 3. The van der Waals surface area contributed by atoms with E-state index in [9.17, 15) is 9.90 Å². The lowest BCUT2D eigenvalue weighted by molar-refractivity contribution is -0.116. The molecule has 1 aliphatic heterocycles. The molecule has 5 heteroatoms. The second-order valence-corrected chi connectivity index (χ2v) is 7.16. The SMILES string of the molecule is CCN(CC)C1=C(C(O)NC2=C/C/C(C)=C\C(=O)NC/C=C\2)C=C[C@H](C)C1. The quantitative estimate of drug-likeness (QED) is 0.628. The maximum Gasteiger partial charge on any atom is 0.244 e. The third-order valence-corrected chi connectivity index (χ3v) is 4.91. The molecule has 0 fully saturated rings. The number of hydrogen-bond acceptors (Lipinski definition) is 4. The Labute approximate surface area is 163 Å². The highest BCUT2D eigenvalue weighted by molar-refractivity contribution is 5.88. The Morgan fingerprint density at radius 3 is 2.78 bits per heavy atom. The number of rotatable bonds is 6. The van der Waals surface area contributed by atoms with Crippen molar-refractivity contribution in [2.75, 3.05) is 19.6 Å². The highest BCUT2D eigenvalue weighted by Gasteiger charge is 2.22. The summed E-state index contributed by atoms with van der Waals surface area (Å²) in [5.74, 6) is 0.401. The van der Waals surface area contributed by atoms with E-state index in [4.69, 9.17) is 0 Å². The number of aliphatic hydroxyl groups is 1. The Hall–Kier alpha value is -2.27. The minimum Gasteiger partial charge on any atom is -0.375 e. The molecule has 0 radical (unpaired) electrons. The van der Waals surface area contributed by atoms with Crippen LogP contribution in [0.2, 0.25) is 0 Å². The molecule has 0 spiro atoms. The molecule has 0 aromatic rings. The number of amides is 1. The summed E-state index contributed by atoms with van der Waals surface area (Å²) in [6.07, 6.45) is 12.5. The van der Waals surface area contributed by atoms with Gasteiger partial charge in [-0.25, -0.2) is 0 Å². The fourth-order valence-electron chi connectivity index (χ4n) is 3.38. The van der Waals surface area contributed by atoms with Gasteiger partial charge in [-0.1, -0.05) is 36.8 Å². The van der Waals surface area contributed by atoms with E-state index in [0.717, 1.165) is 36.4 Å². The van der Waals surface area contributed by atoms with Gasteiger partial charge >= 0.3 is 0 Å². The van der Waals surface area contributed by atoms with Crippen molar-refractivity contribution in [1.29, 1.82) is 0 Å². The molecule has 1 unspecified atom stereocenters. The van der Waals surface area contributed by atoms with Crippen molar-refractivity contribution in [3.05, 3.63) is 59.0 Å². The second-order valence-electron chi connectivity index (χ2n) is 7.16. The van der Waals surface area contributed by atoms with Gasteiger partial charge in [-0.2, -0.15) is 0 Å². The van der Waals surface area contributed by atoms with E-state index in [1.807, 2.05) is 25.2 Å². The molecule has 148 valence electrons. The summed E-state index contributed by atoms with van der Waals surface area (Å²) in [7, 11) is 0. The molecule has 2 rings (SSSR count). The van der Waals surface area contributed by atoms with Crippen LogP contribution in [0, 0.1) is 5.92 Å². The van der Waals surface area contributed by atoms with E-state index in [2.05, 4.69) is 48.5 Å². The average molecular weight is 372 g/mol. The number of allylic oxidation sites excluding steroid dienone is 5. The Bertz CT molecular complexity index is 682. The third kappa shape index (κ3) is 6.14. The molecule has 1 amide bonds. The van der Waals surface area contributed by atoms with E-state index in [1.165, 1.54) is 5.70 Å². The number of carbonyl (C=O) groups is 1. The molecule has 0 saturated heterocycles. The highest BCUT2D eigenvalue weighted by atomic mass is 16.3. The predicted octanol–water partition coefficient (Wildman–Crippen LogP) is 2.99. The Morgan fingerprint density at radius 2 is 2.07 bits per heavy atom. The molecular weight excluding hydrogens is 338 g/mol. The maximum atomic E-state index is 11.6. The van der Waals surface area contributed by atoms with Gasteiger partial charge in [0.25, 0.3) is 0 Å². The van der Waals surface area contributed by atoms with Crippen LogP contribution in [0.15, 0.2) is 59.0 Å². The Morgan fingerprint density at radius 1 is 1.33 bits per heavy atom. The van der Waals surface area contributed by atoms with E-state index >= 15 is 0 Å². The summed E-state index contributed by atoms with van der Waals surface area (Å²) in [5, 5.41) is 17.0. The first-order valence-electron chi connectivity index (χ1n) is 9.87. The van der Waals surface area contributed by atoms with Crippen LogP contribution in [0.3, 0.4) is 0 Å². The second kappa shape index (κ2) is 10.2. The van der Waals surface area contributed by atoms with Crippen LogP contribution in [0.4, 0.5) is 0 Å². The van der Waals surface area contributed by atoms with Gasteiger partial charge in [-0.3, -0.25) is 4.79 Å². The predicted molar refractivity (Wildman–Crippen MR) is 111 cm³/mol. The molecule has 0 bridgehead atoms. The van der Waals surface area contributed by atoms with E-state index in [0.29, 0.717) is 18.9 Å². The van der Waals surface area contributed by atoms with Crippen LogP contribution in [0.5, 0.6) is 0 Å². The molecule has 2 aliphatic rings. The molecular formula is C22H33N3O2. The first-order valence-corrected chi connectivity index (χ1v) is 9.87. The summed E-state index contributed by atoms with van der Waals surface area (Å²) in [6, 6.07) is 0. The lowest BCUT2D eigenvalue weighted by atomic mass is 9.93. The molecule has 27 heavy (non-hydrogen) atoms. The van der Waals surface area contributed by atoms with Crippen LogP contribution in [-0.4, -0.2) is 41.8 Å². The van der Waals surface area contributed by atoms with Crippen molar-refractivity contribution in [2.45, 2.75) is 46.8 Å². The zero-order valence-electron chi connectivity index (χ0n) is 17.0. The number of nitrogens with zero attached hydrogens (tertiary/aromatic N) is 1. The standard InChI is InChI=1S/C22H33N3O2/c1-5-25(6-2)20-14-16(3)10-12-19(20)22(27)24-18-8-7-13-23-21(26)15-17(4)9-11-18/h7-8,10-12,15-16,22,24,27H,5-6,9,13-14H2,1-4H3,(H,23,26)/b8-7-,17-15-,18-11+/t16-,22?/m0/s1. The van der Waals surface area contributed by atoms with E-state index in [-0.39, 0.29) is 5.91 Å². The molecule has 5 nitrogen and oxygen atoms in total. The van der Waals surface area contributed by atoms with Gasteiger partial charge in [0.1, 0.15) is 0 Å². The minimum atomic E-state index is -0.776. The monoisotopic (exact) mass is 371 g/mol. The van der Waals surface area contributed by atoms with E-state index in [1.54, 1.807) is 6.08 Å². The van der Waals surface area contributed by atoms with Gasteiger partial charge in [0.2, 0.25) is 5.91 Å². The number of aliphatic hydroxyl groups excluding tert-OH is 1. The third-order valence-electron chi connectivity index (χ3n) is 4.91. The minimum absolute atomic E-state index is 0.0718.